The van der Waals surface area contributed by atoms with Crippen molar-refractivity contribution in [2.24, 2.45) is 17.8 Å². The number of aromatic nitrogens is 1. The van der Waals surface area contributed by atoms with Crippen molar-refractivity contribution in [2.75, 3.05) is 65.9 Å². The maximum atomic E-state index is 10.0. The first kappa shape index (κ1) is 41.3. The first-order valence-electron chi connectivity index (χ1n) is 21.5. The summed E-state index contributed by atoms with van der Waals surface area (Å²) in [5.74, 6) is 4.44. The Balaban J connectivity index is 0.964. The quantitative estimate of drug-likeness (QED) is 0.0839. The smallest absolute Gasteiger partial charge is 0.137 e. The maximum Gasteiger partial charge on any atom is 0.137 e. The Hall–Kier alpha value is -5.44. The number of hydrogen-bond acceptors (Lipinski definition) is 10. The van der Waals surface area contributed by atoms with Gasteiger partial charge in [0, 0.05) is 48.7 Å². The van der Waals surface area contributed by atoms with Crippen molar-refractivity contribution in [3.05, 3.63) is 149 Å². The van der Waals surface area contributed by atoms with Gasteiger partial charge in [0.15, 0.2) is 0 Å². The lowest BCUT2D eigenvalue weighted by molar-refractivity contribution is 0.0889. The Morgan fingerprint density at radius 1 is 0.717 bits per heavy atom. The molecule has 8 rings (SSSR count). The molecule has 0 saturated carbocycles. The second kappa shape index (κ2) is 21.2. The van der Waals surface area contributed by atoms with Crippen molar-refractivity contribution < 1.29 is 28.4 Å². The highest BCUT2D eigenvalue weighted by atomic mass is 16.5. The predicted molar refractivity (Wildman–Crippen MR) is 231 cm³/mol. The molecule has 10 heteroatoms. The number of piperidine rings is 2. The first-order chi connectivity index (χ1) is 29.7. The molecule has 2 N–H and O–H groups in total. The van der Waals surface area contributed by atoms with Crippen LogP contribution in [0.25, 0.3) is 0 Å². The molecule has 0 spiro atoms. The van der Waals surface area contributed by atoms with Crippen LogP contribution in [0, 0.1) is 29.1 Å². The van der Waals surface area contributed by atoms with Gasteiger partial charge in [-0.3, -0.25) is 4.98 Å². The van der Waals surface area contributed by atoms with E-state index in [1.165, 1.54) is 11.1 Å². The lowest BCUT2D eigenvalue weighted by Gasteiger charge is -2.40. The third-order valence-corrected chi connectivity index (χ3v) is 12.1. The van der Waals surface area contributed by atoms with E-state index in [9.17, 15) is 5.26 Å². The van der Waals surface area contributed by atoms with Crippen LogP contribution < -0.4 is 29.6 Å². The monoisotopic (exact) mass is 808 g/mol. The average Bonchev–Trinajstić information content (AvgIpc) is 3.84. The van der Waals surface area contributed by atoms with Crippen LogP contribution in [-0.2, 0) is 16.1 Å². The van der Waals surface area contributed by atoms with E-state index in [4.69, 9.17) is 28.4 Å². The maximum absolute atomic E-state index is 10.0. The van der Waals surface area contributed by atoms with Crippen molar-refractivity contribution in [1.82, 2.24) is 15.6 Å². The van der Waals surface area contributed by atoms with Crippen molar-refractivity contribution in [1.29, 1.82) is 5.26 Å². The fourth-order valence-corrected chi connectivity index (χ4v) is 8.84. The largest absolute Gasteiger partial charge is 0.493 e. The Bertz CT molecular complexity index is 2090. The fraction of sp³-hybridized carbons (Fsp3) is 0.400. The topological polar surface area (TPSA) is 116 Å². The fourth-order valence-electron chi connectivity index (χ4n) is 8.84. The molecule has 4 aromatic carbocycles. The molecule has 60 heavy (non-hydrogen) atoms. The van der Waals surface area contributed by atoms with Gasteiger partial charge in [0.2, 0.25) is 0 Å². The molecule has 4 heterocycles. The molecule has 0 aliphatic carbocycles. The molecule has 5 aromatic rings. The van der Waals surface area contributed by atoms with Crippen molar-refractivity contribution >= 4 is 0 Å². The molecule has 4 unspecified atom stereocenters. The summed E-state index contributed by atoms with van der Waals surface area (Å²) in [6.07, 6.45) is 6.52. The summed E-state index contributed by atoms with van der Waals surface area (Å²) in [6, 6.07) is 39.2. The molecule has 3 saturated heterocycles. The van der Waals surface area contributed by atoms with E-state index in [0.29, 0.717) is 57.0 Å². The summed E-state index contributed by atoms with van der Waals surface area (Å²) < 4.78 is 36.8. The minimum absolute atomic E-state index is 0.0402. The van der Waals surface area contributed by atoms with Crippen LogP contribution in [0.2, 0.25) is 0 Å². The zero-order valence-electron chi connectivity index (χ0n) is 34.3. The summed E-state index contributed by atoms with van der Waals surface area (Å²) in [5.41, 5.74) is 5.27. The molecular weight excluding hydrogens is 753 g/mol. The van der Waals surface area contributed by atoms with E-state index in [0.717, 1.165) is 86.2 Å². The van der Waals surface area contributed by atoms with Gasteiger partial charge in [0.1, 0.15) is 29.6 Å². The second-order valence-corrected chi connectivity index (χ2v) is 16.1. The molecule has 312 valence electrons. The standard InChI is InChI=1S/C50H56N4O6/c51-28-37-8-17-47(49(27-37)60-34-41-29-53-22-18-45(41)39-9-15-43(16-10-39)58-33-38-20-24-55-32-38)50-48(35-59-44-7-4-21-52-30-44)46(19-23-54-50)40-11-13-42(14-12-40)57-26-25-56-31-36-5-2-1-3-6-36/h1-17,21,27,30,38,41,45-46,48,50,53-54H,18-20,22-26,29,31-35H2/t38?,41?,45?,46-,48-,50?/m1/s1. The SMILES string of the molecule is N#Cc1ccc(C2NCC[C@H](c3ccc(OCCOCc4ccccc4)cc3)[C@H]2COc2cccnc2)c(OCC2CNCCC2c2ccc(OCC3CCOC3)cc2)c1. The molecule has 1 aromatic heterocycles. The van der Waals surface area contributed by atoms with Crippen molar-refractivity contribution in [3.8, 4) is 29.1 Å². The van der Waals surface area contributed by atoms with E-state index in [-0.39, 0.29) is 23.8 Å². The van der Waals surface area contributed by atoms with Gasteiger partial charge in [0.25, 0.3) is 0 Å². The highest BCUT2D eigenvalue weighted by molar-refractivity contribution is 5.45. The summed E-state index contributed by atoms with van der Waals surface area (Å²) in [5, 5.41) is 17.5. The normalized spacial score (nSPS) is 22.7. The van der Waals surface area contributed by atoms with Gasteiger partial charge in [-0.05, 0) is 109 Å². The third kappa shape index (κ3) is 11.0. The first-order valence-corrected chi connectivity index (χ1v) is 21.5. The Labute approximate surface area is 354 Å². The lowest BCUT2D eigenvalue weighted by Crippen LogP contribution is -2.42. The van der Waals surface area contributed by atoms with Crippen LogP contribution in [0.1, 0.15) is 65.0 Å². The van der Waals surface area contributed by atoms with Crippen LogP contribution in [0.3, 0.4) is 0 Å². The molecule has 3 aliphatic heterocycles. The van der Waals surface area contributed by atoms with Crippen LogP contribution in [0.15, 0.2) is 122 Å². The number of nitriles is 1. The lowest BCUT2D eigenvalue weighted by atomic mass is 9.74. The molecule has 10 nitrogen and oxygen atoms in total. The number of ether oxygens (including phenoxy) is 6. The highest BCUT2D eigenvalue weighted by Gasteiger charge is 2.38. The van der Waals surface area contributed by atoms with Crippen LogP contribution in [0.4, 0.5) is 0 Å². The number of pyridine rings is 1. The summed E-state index contributed by atoms with van der Waals surface area (Å²) in [6.45, 7) is 7.45. The van der Waals surface area contributed by atoms with Crippen LogP contribution in [0.5, 0.6) is 23.0 Å². The van der Waals surface area contributed by atoms with Gasteiger partial charge in [-0.2, -0.15) is 5.26 Å². The van der Waals surface area contributed by atoms with Gasteiger partial charge in [0.05, 0.1) is 57.5 Å². The number of rotatable bonds is 18. The van der Waals surface area contributed by atoms with E-state index in [2.05, 4.69) is 88.4 Å². The molecule has 3 aliphatic rings. The van der Waals surface area contributed by atoms with E-state index in [1.807, 2.05) is 42.5 Å². The predicted octanol–water partition coefficient (Wildman–Crippen LogP) is 8.25. The van der Waals surface area contributed by atoms with Gasteiger partial charge in [-0.25, -0.2) is 0 Å². The van der Waals surface area contributed by atoms with E-state index in [1.54, 1.807) is 12.4 Å². The van der Waals surface area contributed by atoms with Gasteiger partial charge >= 0.3 is 0 Å². The molecule has 6 atom stereocenters. The molecular formula is C50H56N4O6. The van der Waals surface area contributed by atoms with Gasteiger partial charge < -0.3 is 39.1 Å². The van der Waals surface area contributed by atoms with Crippen LogP contribution >= 0.6 is 0 Å². The highest BCUT2D eigenvalue weighted by Crippen LogP contribution is 2.44. The zero-order chi connectivity index (χ0) is 40.8. The molecule has 0 amide bonds. The Kier molecular flexibility index (Phi) is 14.6. The Morgan fingerprint density at radius 3 is 2.27 bits per heavy atom. The van der Waals surface area contributed by atoms with Crippen molar-refractivity contribution in [3.63, 3.8) is 0 Å². The minimum atomic E-state index is -0.0931. The number of hydrogen-bond donors (Lipinski definition) is 2. The summed E-state index contributed by atoms with van der Waals surface area (Å²) in [7, 11) is 0. The molecule has 0 radical (unpaired) electrons. The minimum Gasteiger partial charge on any atom is -0.493 e. The Morgan fingerprint density at radius 2 is 1.50 bits per heavy atom. The number of benzene rings is 4. The van der Waals surface area contributed by atoms with Gasteiger partial charge in [-0.15, -0.1) is 0 Å². The summed E-state index contributed by atoms with van der Waals surface area (Å²) in [4.78, 5) is 4.29. The molecule has 0 bridgehead atoms. The van der Waals surface area contributed by atoms with E-state index >= 15 is 0 Å². The van der Waals surface area contributed by atoms with Crippen LogP contribution in [-0.4, -0.2) is 70.9 Å². The van der Waals surface area contributed by atoms with Crippen molar-refractivity contribution in [2.45, 2.75) is 43.7 Å². The number of nitrogens with zero attached hydrogens (tertiary/aromatic N) is 2. The van der Waals surface area contributed by atoms with Gasteiger partial charge in [-0.1, -0.05) is 60.7 Å². The second-order valence-electron chi connectivity index (χ2n) is 16.1. The summed E-state index contributed by atoms with van der Waals surface area (Å²) >= 11 is 0. The molecule has 3 fully saturated rings. The average molecular weight is 809 g/mol. The number of nitrogens with one attached hydrogen (secondary N) is 2. The third-order valence-electron chi connectivity index (χ3n) is 12.1. The van der Waals surface area contributed by atoms with E-state index < -0.39 is 0 Å². The zero-order valence-corrected chi connectivity index (χ0v) is 34.3.